The van der Waals surface area contributed by atoms with Crippen LogP contribution in [0.3, 0.4) is 0 Å². The molecule has 1 aliphatic rings. The Morgan fingerprint density at radius 2 is 2.21 bits per heavy atom. The predicted octanol–water partition coefficient (Wildman–Crippen LogP) is 0.854. The fraction of sp³-hybridized carbons (Fsp3) is 0.500. The predicted molar refractivity (Wildman–Crippen MR) is 68.4 cm³/mol. The maximum atomic E-state index is 5.39. The van der Waals surface area contributed by atoms with Crippen LogP contribution >= 0.6 is 0 Å². The maximum Gasteiger partial charge on any atom is 0.230 e. The van der Waals surface area contributed by atoms with E-state index in [0.29, 0.717) is 30.3 Å². The van der Waals surface area contributed by atoms with Crippen LogP contribution in [0.5, 0.6) is 0 Å². The summed E-state index contributed by atoms with van der Waals surface area (Å²) >= 11 is 0. The van der Waals surface area contributed by atoms with Crippen molar-refractivity contribution in [2.24, 2.45) is 0 Å². The number of hydrogen-bond donors (Lipinski definition) is 1. The van der Waals surface area contributed by atoms with Crippen molar-refractivity contribution in [2.75, 3.05) is 18.4 Å². The first-order valence-corrected chi connectivity index (χ1v) is 6.34. The van der Waals surface area contributed by atoms with Crippen LogP contribution in [0.4, 0.5) is 5.95 Å². The van der Waals surface area contributed by atoms with E-state index in [0.717, 1.165) is 19.5 Å². The van der Waals surface area contributed by atoms with Gasteiger partial charge in [0.25, 0.3) is 0 Å². The molecule has 0 spiro atoms. The van der Waals surface area contributed by atoms with Crippen LogP contribution in [0, 0.1) is 6.92 Å². The van der Waals surface area contributed by atoms with Gasteiger partial charge in [-0.1, -0.05) is 0 Å². The molecule has 19 heavy (non-hydrogen) atoms. The van der Waals surface area contributed by atoms with E-state index in [1.165, 1.54) is 0 Å². The first-order valence-electron chi connectivity index (χ1n) is 6.34. The quantitative estimate of drug-likeness (QED) is 0.873. The molecule has 0 amide bonds. The van der Waals surface area contributed by atoms with Gasteiger partial charge in [0.05, 0.1) is 6.54 Å². The fourth-order valence-electron chi connectivity index (χ4n) is 2.24. The molecule has 7 heteroatoms. The van der Waals surface area contributed by atoms with Gasteiger partial charge in [-0.15, -0.1) is 10.2 Å². The minimum absolute atomic E-state index is 0.367. The third-order valence-electron chi connectivity index (χ3n) is 3.10. The number of anilines is 1. The molecule has 3 rings (SSSR count). The lowest BCUT2D eigenvalue weighted by atomic mass is 10.3. The minimum Gasteiger partial charge on any atom is -0.424 e. The highest BCUT2D eigenvalue weighted by Gasteiger charge is 2.24. The second-order valence-corrected chi connectivity index (χ2v) is 4.65. The summed E-state index contributed by atoms with van der Waals surface area (Å²) in [5.41, 5.74) is 0. The van der Waals surface area contributed by atoms with Crippen molar-refractivity contribution >= 4 is 5.95 Å². The van der Waals surface area contributed by atoms with Gasteiger partial charge in [0.2, 0.25) is 17.7 Å². The number of likely N-dealkylation sites (tertiary alicyclic amines) is 1. The molecular formula is C12H16N6O. The molecule has 2 aromatic heterocycles. The smallest absolute Gasteiger partial charge is 0.230 e. The molecule has 1 aliphatic heterocycles. The molecule has 1 saturated heterocycles. The lowest BCUT2D eigenvalue weighted by Crippen LogP contribution is -2.26. The van der Waals surface area contributed by atoms with E-state index in [1.54, 1.807) is 19.3 Å². The zero-order valence-electron chi connectivity index (χ0n) is 10.8. The van der Waals surface area contributed by atoms with Crippen LogP contribution in [0.2, 0.25) is 0 Å². The molecule has 0 radical (unpaired) electrons. The summed E-state index contributed by atoms with van der Waals surface area (Å²) in [6.45, 7) is 4.44. The molecule has 1 unspecified atom stereocenters. The molecule has 1 N–H and O–H groups in total. The van der Waals surface area contributed by atoms with Gasteiger partial charge in [-0.2, -0.15) is 0 Å². The molecular weight excluding hydrogens is 244 g/mol. The molecule has 7 nitrogen and oxygen atoms in total. The molecule has 3 heterocycles. The van der Waals surface area contributed by atoms with Crippen LogP contribution in [0.15, 0.2) is 22.9 Å². The Morgan fingerprint density at radius 1 is 1.37 bits per heavy atom. The van der Waals surface area contributed by atoms with E-state index in [2.05, 4.69) is 30.4 Å². The van der Waals surface area contributed by atoms with Gasteiger partial charge in [0.15, 0.2) is 0 Å². The van der Waals surface area contributed by atoms with E-state index < -0.39 is 0 Å². The molecule has 0 aromatic carbocycles. The number of aromatic nitrogens is 4. The van der Waals surface area contributed by atoms with E-state index in [1.807, 2.05) is 6.07 Å². The van der Waals surface area contributed by atoms with Crippen molar-refractivity contribution in [3.05, 3.63) is 30.2 Å². The van der Waals surface area contributed by atoms with Gasteiger partial charge < -0.3 is 9.73 Å². The van der Waals surface area contributed by atoms with Gasteiger partial charge in [0, 0.05) is 38.4 Å². The number of rotatable bonds is 4. The highest BCUT2D eigenvalue weighted by molar-refractivity contribution is 5.24. The van der Waals surface area contributed by atoms with Crippen molar-refractivity contribution < 1.29 is 4.42 Å². The average molecular weight is 260 g/mol. The van der Waals surface area contributed by atoms with Gasteiger partial charge in [-0.3, -0.25) is 4.90 Å². The summed E-state index contributed by atoms with van der Waals surface area (Å²) in [6, 6.07) is 2.18. The van der Waals surface area contributed by atoms with Crippen molar-refractivity contribution in [3.8, 4) is 0 Å². The Morgan fingerprint density at radius 3 is 2.95 bits per heavy atom. The first-order chi connectivity index (χ1) is 9.29. The molecule has 0 saturated carbocycles. The number of nitrogens with zero attached hydrogens (tertiary/aromatic N) is 5. The van der Waals surface area contributed by atoms with Crippen LogP contribution in [0.25, 0.3) is 0 Å². The Balaban J connectivity index is 1.53. The van der Waals surface area contributed by atoms with Crippen molar-refractivity contribution in [2.45, 2.75) is 25.9 Å². The third kappa shape index (κ3) is 3.05. The van der Waals surface area contributed by atoms with Gasteiger partial charge in [-0.25, -0.2) is 9.97 Å². The molecule has 0 bridgehead atoms. The van der Waals surface area contributed by atoms with Crippen LogP contribution in [-0.4, -0.2) is 44.2 Å². The zero-order valence-corrected chi connectivity index (χ0v) is 10.8. The van der Waals surface area contributed by atoms with Crippen LogP contribution in [-0.2, 0) is 6.54 Å². The SMILES string of the molecule is Cc1nnc(CN2CCC(Nc3ncccn3)C2)o1. The number of hydrogen-bond acceptors (Lipinski definition) is 7. The van der Waals surface area contributed by atoms with Crippen molar-refractivity contribution in [1.82, 2.24) is 25.1 Å². The molecule has 100 valence electrons. The lowest BCUT2D eigenvalue weighted by molar-refractivity contribution is 0.286. The fourth-order valence-corrected chi connectivity index (χ4v) is 2.24. The van der Waals surface area contributed by atoms with E-state index >= 15 is 0 Å². The largest absolute Gasteiger partial charge is 0.424 e. The van der Waals surface area contributed by atoms with E-state index in [9.17, 15) is 0 Å². The van der Waals surface area contributed by atoms with Crippen LogP contribution < -0.4 is 5.32 Å². The average Bonchev–Trinajstić information content (AvgIpc) is 3.01. The van der Waals surface area contributed by atoms with E-state index in [4.69, 9.17) is 4.42 Å². The molecule has 2 aromatic rings. The molecule has 1 fully saturated rings. The second-order valence-electron chi connectivity index (χ2n) is 4.65. The summed E-state index contributed by atoms with van der Waals surface area (Å²) in [5.74, 6) is 1.97. The number of nitrogens with one attached hydrogen (secondary N) is 1. The topological polar surface area (TPSA) is 80.0 Å². The first kappa shape index (κ1) is 12.0. The Labute approximate surface area is 111 Å². The van der Waals surface area contributed by atoms with Gasteiger partial charge in [-0.05, 0) is 12.5 Å². The molecule has 0 aliphatic carbocycles. The second kappa shape index (κ2) is 5.31. The Bertz CT molecular complexity index is 528. The normalized spacial score (nSPS) is 19.7. The summed E-state index contributed by atoms with van der Waals surface area (Å²) < 4.78 is 5.39. The summed E-state index contributed by atoms with van der Waals surface area (Å²) in [4.78, 5) is 10.6. The summed E-state index contributed by atoms with van der Waals surface area (Å²) in [5, 5.41) is 11.2. The zero-order chi connectivity index (χ0) is 13.1. The minimum atomic E-state index is 0.367. The molecule has 1 atom stereocenters. The van der Waals surface area contributed by atoms with E-state index in [-0.39, 0.29) is 0 Å². The van der Waals surface area contributed by atoms with Gasteiger partial charge >= 0.3 is 0 Å². The lowest BCUT2D eigenvalue weighted by Gasteiger charge is -2.14. The number of aryl methyl sites for hydroxylation is 1. The highest BCUT2D eigenvalue weighted by atomic mass is 16.4. The van der Waals surface area contributed by atoms with Crippen LogP contribution in [0.1, 0.15) is 18.2 Å². The monoisotopic (exact) mass is 260 g/mol. The Hall–Kier alpha value is -2.02. The third-order valence-corrected chi connectivity index (χ3v) is 3.10. The van der Waals surface area contributed by atoms with Crippen molar-refractivity contribution in [3.63, 3.8) is 0 Å². The van der Waals surface area contributed by atoms with Gasteiger partial charge in [0.1, 0.15) is 0 Å². The highest BCUT2D eigenvalue weighted by Crippen LogP contribution is 2.15. The summed E-state index contributed by atoms with van der Waals surface area (Å²) in [7, 11) is 0. The Kier molecular flexibility index (Phi) is 3.37. The maximum absolute atomic E-state index is 5.39. The summed E-state index contributed by atoms with van der Waals surface area (Å²) in [6.07, 6.45) is 4.54. The van der Waals surface area contributed by atoms with Crippen molar-refractivity contribution in [1.29, 1.82) is 0 Å². The standard InChI is InChI=1S/C12H16N6O/c1-9-16-17-11(19-9)8-18-6-3-10(7-18)15-12-13-4-2-5-14-12/h2,4-5,10H,3,6-8H2,1H3,(H,13,14,15).